The van der Waals surface area contributed by atoms with Crippen molar-refractivity contribution in [1.82, 2.24) is 40.8 Å². The van der Waals surface area contributed by atoms with Crippen molar-refractivity contribution >= 4 is 5.95 Å². The van der Waals surface area contributed by atoms with Crippen LogP contribution in [0.3, 0.4) is 0 Å². The minimum absolute atomic E-state index is 0.0167. The second kappa shape index (κ2) is 22.1. The van der Waals surface area contributed by atoms with Gasteiger partial charge in [-0.25, -0.2) is 9.97 Å². The summed E-state index contributed by atoms with van der Waals surface area (Å²) >= 11 is 0. The van der Waals surface area contributed by atoms with Gasteiger partial charge in [0.1, 0.15) is 6.33 Å². The molecule has 3 saturated heterocycles. The largest absolute Gasteiger partial charge is 0.338 e. The molecular formula is C49H95N9O3. The third-order valence-corrected chi connectivity index (χ3v) is 13.4. The van der Waals surface area contributed by atoms with E-state index >= 15 is 0 Å². The highest BCUT2D eigenvalue weighted by Gasteiger charge is 2.50. The van der Waals surface area contributed by atoms with Crippen molar-refractivity contribution in [2.75, 3.05) is 37.8 Å². The highest BCUT2D eigenvalue weighted by molar-refractivity contribution is 5.32. The summed E-state index contributed by atoms with van der Waals surface area (Å²) in [7, 11) is 0. The summed E-state index contributed by atoms with van der Waals surface area (Å²) < 4.78 is 0. The Labute approximate surface area is 374 Å². The van der Waals surface area contributed by atoms with Crippen molar-refractivity contribution in [2.45, 2.75) is 264 Å². The molecule has 0 radical (unpaired) electrons. The van der Waals surface area contributed by atoms with Crippen LogP contribution in [0.5, 0.6) is 0 Å². The Kier molecular flexibility index (Phi) is 18.9. The molecule has 0 amide bonds. The van der Waals surface area contributed by atoms with Crippen molar-refractivity contribution in [3.05, 3.63) is 12.2 Å². The quantitative estimate of drug-likeness (QED) is 0.0968. The van der Waals surface area contributed by atoms with Crippen LogP contribution in [0.25, 0.3) is 0 Å². The lowest BCUT2D eigenvalue weighted by atomic mass is 9.78. The lowest BCUT2D eigenvalue weighted by molar-refractivity contribution is -0.284. The number of nitrogens with zero attached hydrogens (tertiary/aromatic N) is 7. The van der Waals surface area contributed by atoms with Crippen LogP contribution >= 0.6 is 0 Å². The predicted molar refractivity (Wildman–Crippen MR) is 252 cm³/mol. The van der Waals surface area contributed by atoms with E-state index < -0.39 is 0 Å². The van der Waals surface area contributed by atoms with E-state index in [1.165, 1.54) is 0 Å². The molecule has 3 aliphatic heterocycles. The van der Waals surface area contributed by atoms with Crippen LogP contribution in [0.1, 0.15) is 219 Å². The lowest BCUT2D eigenvalue weighted by Gasteiger charge is -2.55. The van der Waals surface area contributed by atoms with Crippen molar-refractivity contribution < 1.29 is 14.5 Å². The average molecular weight is 858 g/mol. The van der Waals surface area contributed by atoms with E-state index in [1.807, 2.05) is 0 Å². The van der Waals surface area contributed by atoms with Crippen LogP contribution in [0, 0.1) is 0 Å². The first-order chi connectivity index (χ1) is 28.5. The Bertz CT molecular complexity index is 1400. The maximum atomic E-state index is 6.42. The van der Waals surface area contributed by atoms with Crippen LogP contribution in [0.2, 0.25) is 0 Å². The van der Waals surface area contributed by atoms with Crippen LogP contribution in [-0.4, -0.2) is 114 Å². The standard InChI is InChI=1S/C49H95N9O3/c1-17-21-27-55(40-35-48(13,14)58(61-30-20-4)49(15,16)36-40)43-52-37-51-42(54-43)41(53-39-33-46(9,10)57(60-29-19-3)47(11,12)34-39)25-23-22-24-26-50-38-31-44(5,6)56(59-28-18-2)45(7,8)32-38/h37-41,50,53H,17-36H2,1-16H3. The fourth-order valence-corrected chi connectivity index (χ4v) is 11.7. The molecule has 1 aromatic rings. The van der Waals surface area contributed by atoms with Gasteiger partial charge in [-0.1, -0.05) is 47.0 Å². The van der Waals surface area contributed by atoms with Crippen molar-refractivity contribution in [3.63, 3.8) is 0 Å². The normalized spacial score (nSPS) is 23.9. The summed E-state index contributed by atoms with van der Waals surface area (Å²) in [5.74, 6) is 1.68. The molecule has 3 aliphatic rings. The molecule has 354 valence electrons. The highest BCUT2D eigenvalue weighted by Crippen LogP contribution is 2.43. The van der Waals surface area contributed by atoms with Gasteiger partial charge in [0.15, 0.2) is 5.82 Å². The van der Waals surface area contributed by atoms with Gasteiger partial charge in [0, 0.05) is 57.9 Å². The zero-order valence-electron chi connectivity index (χ0n) is 42.4. The van der Waals surface area contributed by atoms with Crippen LogP contribution in [-0.2, 0) is 14.5 Å². The van der Waals surface area contributed by atoms with Gasteiger partial charge in [0.2, 0.25) is 5.95 Å². The number of anilines is 1. The number of nitrogens with one attached hydrogen (secondary N) is 2. The van der Waals surface area contributed by atoms with Gasteiger partial charge in [-0.3, -0.25) is 14.5 Å². The first-order valence-corrected chi connectivity index (χ1v) is 24.8. The molecule has 4 heterocycles. The Balaban J connectivity index is 1.53. The number of unbranched alkanes of at least 4 members (excludes halogenated alkanes) is 3. The third kappa shape index (κ3) is 14.0. The summed E-state index contributed by atoms with van der Waals surface area (Å²) in [5.41, 5.74) is -0.550. The molecular weight excluding hydrogens is 763 g/mol. The van der Waals surface area contributed by atoms with E-state index in [0.29, 0.717) is 12.1 Å². The molecule has 1 aromatic heterocycles. The van der Waals surface area contributed by atoms with Gasteiger partial charge in [0.05, 0.1) is 25.9 Å². The van der Waals surface area contributed by atoms with Gasteiger partial charge in [-0.15, -0.1) is 0 Å². The molecule has 0 aromatic carbocycles. The summed E-state index contributed by atoms with van der Waals surface area (Å²) in [6.45, 7) is 41.0. The van der Waals surface area contributed by atoms with E-state index in [-0.39, 0.29) is 45.3 Å². The Morgan fingerprint density at radius 3 is 1.51 bits per heavy atom. The summed E-state index contributed by atoms with van der Waals surface area (Å²) in [6, 6.07) is 1.08. The Morgan fingerprint density at radius 1 is 0.590 bits per heavy atom. The second-order valence-electron chi connectivity index (χ2n) is 22.7. The minimum atomic E-state index is -0.136. The summed E-state index contributed by atoms with van der Waals surface area (Å²) in [5, 5.41) is 15.0. The molecule has 0 saturated carbocycles. The molecule has 0 spiro atoms. The molecule has 1 unspecified atom stereocenters. The number of hydroxylamine groups is 6. The first-order valence-electron chi connectivity index (χ1n) is 24.8. The smallest absolute Gasteiger partial charge is 0.228 e. The van der Waals surface area contributed by atoms with E-state index in [2.05, 4.69) is 142 Å². The first kappa shape index (κ1) is 52.1. The molecule has 0 aliphatic carbocycles. The number of piperidine rings is 3. The van der Waals surface area contributed by atoms with E-state index in [9.17, 15) is 0 Å². The van der Waals surface area contributed by atoms with Crippen molar-refractivity contribution in [3.8, 4) is 0 Å². The topological polar surface area (TPSA) is 103 Å². The maximum absolute atomic E-state index is 6.42. The zero-order chi connectivity index (χ0) is 45.3. The number of hydrogen-bond acceptors (Lipinski definition) is 12. The van der Waals surface area contributed by atoms with Gasteiger partial charge in [0.25, 0.3) is 0 Å². The number of rotatable bonds is 24. The third-order valence-electron chi connectivity index (χ3n) is 13.4. The minimum Gasteiger partial charge on any atom is -0.338 e. The number of hydrogen-bond donors (Lipinski definition) is 2. The van der Waals surface area contributed by atoms with E-state index in [4.69, 9.17) is 29.5 Å². The summed E-state index contributed by atoms with van der Waals surface area (Å²) in [6.07, 6.45) is 17.5. The van der Waals surface area contributed by atoms with E-state index in [1.54, 1.807) is 6.33 Å². The Morgan fingerprint density at radius 2 is 1.05 bits per heavy atom. The highest BCUT2D eigenvalue weighted by atomic mass is 16.7. The fraction of sp³-hybridized carbons (Fsp3) is 0.939. The van der Waals surface area contributed by atoms with E-state index in [0.717, 1.165) is 141 Å². The van der Waals surface area contributed by atoms with Crippen molar-refractivity contribution in [1.29, 1.82) is 0 Å². The fourth-order valence-electron chi connectivity index (χ4n) is 11.7. The van der Waals surface area contributed by atoms with Crippen LogP contribution in [0.4, 0.5) is 5.95 Å². The molecule has 61 heavy (non-hydrogen) atoms. The second-order valence-corrected chi connectivity index (χ2v) is 22.7. The van der Waals surface area contributed by atoms with Gasteiger partial charge >= 0.3 is 0 Å². The molecule has 12 nitrogen and oxygen atoms in total. The summed E-state index contributed by atoms with van der Waals surface area (Å²) in [4.78, 5) is 37.0. The molecule has 2 N–H and O–H groups in total. The Hall–Kier alpha value is -1.51. The van der Waals surface area contributed by atoms with Crippen molar-refractivity contribution in [2.24, 2.45) is 0 Å². The molecule has 4 rings (SSSR count). The zero-order valence-corrected chi connectivity index (χ0v) is 42.4. The van der Waals surface area contributed by atoms with Crippen LogP contribution < -0.4 is 15.5 Å². The lowest BCUT2D eigenvalue weighted by Crippen LogP contribution is -2.64. The van der Waals surface area contributed by atoms with Gasteiger partial charge < -0.3 is 15.5 Å². The van der Waals surface area contributed by atoms with Gasteiger partial charge in [-0.05, 0) is 167 Å². The monoisotopic (exact) mass is 858 g/mol. The number of aromatic nitrogens is 3. The molecule has 3 fully saturated rings. The molecule has 12 heteroatoms. The predicted octanol–water partition coefficient (Wildman–Crippen LogP) is 10.3. The van der Waals surface area contributed by atoms with Gasteiger partial charge in [-0.2, -0.15) is 20.2 Å². The molecule has 0 bridgehead atoms. The SMILES string of the molecule is CCCCN(c1ncnc(C(CCCCCNC2CC(C)(C)N(OCCC)C(C)(C)C2)NC2CC(C)(C)N(OCCC)C(C)(C)C2)n1)C1CC(C)(C)N(OCCC)C(C)(C)C1. The maximum Gasteiger partial charge on any atom is 0.228 e. The average Bonchev–Trinajstić information content (AvgIpc) is 3.13. The molecule has 1 atom stereocenters. The van der Waals surface area contributed by atoms with Crippen LogP contribution in [0.15, 0.2) is 6.33 Å².